The van der Waals surface area contributed by atoms with Gasteiger partial charge in [-0.3, -0.25) is 9.88 Å². The van der Waals surface area contributed by atoms with Gasteiger partial charge in [-0.2, -0.15) is 0 Å². The van der Waals surface area contributed by atoms with E-state index in [1.807, 2.05) is 6.92 Å². The number of rotatable bonds is 2. The van der Waals surface area contributed by atoms with Crippen molar-refractivity contribution in [2.24, 2.45) is 5.73 Å². The quantitative estimate of drug-likeness (QED) is 0.913. The highest BCUT2D eigenvalue weighted by atomic mass is 15.3. The minimum Gasteiger partial charge on any atom is -0.323 e. The molecule has 0 spiro atoms. The van der Waals surface area contributed by atoms with Gasteiger partial charge in [0.15, 0.2) is 0 Å². The van der Waals surface area contributed by atoms with Crippen molar-refractivity contribution in [3.63, 3.8) is 0 Å². The molecule has 0 radical (unpaired) electrons. The summed E-state index contributed by atoms with van der Waals surface area (Å²) in [5.41, 5.74) is 9.84. The summed E-state index contributed by atoms with van der Waals surface area (Å²) in [6.07, 6.45) is 0. The first-order chi connectivity index (χ1) is 10.0. The van der Waals surface area contributed by atoms with Crippen LogP contribution in [-0.4, -0.2) is 54.6 Å². The summed E-state index contributed by atoms with van der Waals surface area (Å²) < 4.78 is 0. The Balaban J connectivity index is 1.90. The Bertz CT molecular complexity index is 640. The molecule has 0 aliphatic carbocycles. The lowest BCUT2D eigenvalue weighted by Gasteiger charge is -2.40. The van der Waals surface area contributed by atoms with Crippen molar-refractivity contribution in [3.05, 3.63) is 41.6 Å². The summed E-state index contributed by atoms with van der Waals surface area (Å²) in [4.78, 5) is 9.29. The molecule has 0 saturated carbocycles. The van der Waals surface area contributed by atoms with Crippen LogP contribution in [0.3, 0.4) is 0 Å². The number of benzene rings is 1. The third kappa shape index (κ3) is 2.93. The number of nitrogens with zero attached hydrogens (tertiary/aromatic N) is 3. The number of hydrogen-bond donors (Lipinski definition) is 1. The molecule has 4 nitrogen and oxygen atoms in total. The van der Waals surface area contributed by atoms with Crippen molar-refractivity contribution >= 4 is 10.9 Å². The summed E-state index contributed by atoms with van der Waals surface area (Å²) in [7, 11) is 4.34. The van der Waals surface area contributed by atoms with Gasteiger partial charge >= 0.3 is 0 Å². The van der Waals surface area contributed by atoms with Crippen LogP contribution in [0, 0.1) is 6.92 Å². The number of aryl methyl sites for hydroxylation is 1. The van der Waals surface area contributed by atoms with Crippen LogP contribution in [0.1, 0.15) is 17.3 Å². The molecule has 4 heteroatoms. The van der Waals surface area contributed by atoms with E-state index < -0.39 is 0 Å². The van der Waals surface area contributed by atoms with E-state index in [2.05, 4.69) is 59.2 Å². The molecular weight excluding hydrogens is 260 g/mol. The summed E-state index contributed by atoms with van der Waals surface area (Å²) in [5, 5.41) is 1.17. The number of hydrogen-bond acceptors (Lipinski definition) is 4. The maximum absolute atomic E-state index is 6.55. The van der Waals surface area contributed by atoms with Crippen LogP contribution >= 0.6 is 0 Å². The molecule has 2 atom stereocenters. The lowest BCUT2D eigenvalue weighted by atomic mass is 9.96. The number of piperazine rings is 1. The van der Waals surface area contributed by atoms with Crippen LogP contribution in [0.2, 0.25) is 0 Å². The van der Waals surface area contributed by atoms with Gasteiger partial charge < -0.3 is 10.6 Å². The van der Waals surface area contributed by atoms with Crippen LogP contribution in [0.15, 0.2) is 30.3 Å². The topological polar surface area (TPSA) is 45.4 Å². The molecule has 3 rings (SSSR count). The Morgan fingerprint density at radius 1 is 1.19 bits per heavy atom. The molecule has 1 aromatic carbocycles. The summed E-state index contributed by atoms with van der Waals surface area (Å²) in [6, 6.07) is 11.0. The molecule has 1 saturated heterocycles. The van der Waals surface area contributed by atoms with Crippen molar-refractivity contribution < 1.29 is 0 Å². The fraction of sp³-hybridized carbons (Fsp3) is 0.471. The lowest BCUT2D eigenvalue weighted by molar-refractivity contribution is 0.0974. The first kappa shape index (κ1) is 14.4. The molecule has 1 fully saturated rings. The zero-order valence-electron chi connectivity index (χ0n) is 13.1. The smallest absolute Gasteiger partial charge is 0.0705 e. The van der Waals surface area contributed by atoms with Crippen molar-refractivity contribution in [2.45, 2.75) is 19.0 Å². The van der Waals surface area contributed by atoms with Gasteiger partial charge in [-0.15, -0.1) is 0 Å². The molecule has 1 aliphatic rings. The van der Waals surface area contributed by atoms with E-state index in [0.29, 0.717) is 6.04 Å². The van der Waals surface area contributed by atoms with Crippen molar-refractivity contribution in [1.29, 1.82) is 0 Å². The van der Waals surface area contributed by atoms with Crippen molar-refractivity contribution in [3.8, 4) is 0 Å². The molecule has 1 aliphatic heterocycles. The third-order valence-electron chi connectivity index (χ3n) is 4.55. The zero-order valence-corrected chi connectivity index (χ0v) is 13.1. The highest BCUT2D eigenvalue weighted by Crippen LogP contribution is 2.24. The maximum atomic E-state index is 6.55. The van der Waals surface area contributed by atoms with Gasteiger partial charge in [0.05, 0.1) is 5.52 Å². The van der Waals surface area contributed by atoms with Crippen LogP contribution in [0.4, 0.5) is 0 Å². The van der Waals surface area contributed by atoms with Gasteiger partial charge in [-0.1, -0.05) is 12.1 Å². The van der Waals surface area contributed by atoms with E-state index in [-0.39, 0.29) is 6.04 Å². The predicted octanol–water partition coefficient (Wildman–Crippen LogP) is 1.79. The normalized spacial score (nSPS) is 22.6. The van der Waals surface area contributed by atoms with Gasteiger partial charge in [0.1, 0.15) is 0 Å². The van der Waals surface area contributed by atoms with E-state index in [9.17, 15) is 0 Å². The number of aromatic nitrogens is 1. The van der Waals surface area contributed by atoms with Crippen LogP contribution in [0.5, 0.6) is 0 Å². The summed E-state index contributed by atoms with van der Waals surface area (Å²) in [5.74, 6) is 0. The first-order valence-corrected chi connectivity index (χ1v) is 7.56. The molecular formula is C17H24N4. The van der Waals surface area contributed by atoms with Gasteiger partial charge in [0.25, 0.3) is 0 Å². The number of pyridine rings is 1. The van der Waals surface area contributed by atoms with Gasteiger partial charge in [0.2, 0.25) is 0 Å². The van der Waals surface area contributed by atoms with E-state index in [4.69, 9.17) is 5.73 Å². The second kappa shape index (κ2) is 5.72. The van der Waals surface area contributed by atoms with Crippen LogP contribution in [0.25, 0.3) is 10.9 Å². The van der Waals surface area contributed by atoms with E-state index in [0.717, 1.165) is 30.8 Å². The van der Waals surface area contributed by atoms with Gasteiger partial charge in [0, 0.05) is 42.8 Å². The molecule has 21 heavy (non-hydrogen) atoms. The minimum absolute atomic E-state index is 0.0310. The van der Waals surface area contributed by atoms with Crippen LogP contribution in [-0.2, 0) is 0 Å². The Kier molecular flexibility index (Phi) is 3.93. The SMILES string of the molecule is Cc1ccc2cc(C(N)C3CN(C)CCN3C)ccc2n1. The Hall–Kier alpha value is -1.49. The second-order valence-electron chi connectivity index (χ2n) is 6.24. The van der Waals surface area contributed by atoms with E-state index in [1.54, 1.807) is 0 Å². The Morgan fingerprint density at radius 2 is 2.00 bits per heavy atom. The fourth-order valence-electron chi connectivity index (χ4n) is 3.11. The zero-order chi connectivity index (χ0) is 15.0. The number of fused-ring (bicyclic) bond motifs is 1. The molecule has 2 N–H and O–H groups in total. The highest BCUT2D eigenvalue weighted by molar-refractivity contribution is 5.79. The lowest BCUT2D eigenvalue weighted by Crippen LogP contribution is -2.54. The second-order valence-corrected chi connectivity index (χ2v) is 6.24. The van der Waals surface area contributed by atoms with Crippen LogP contribution < -0.4 is 5.73 Å². The van der Waals surface area contributed by atoms with Crippen molar-refractivity contribution in [2.75, 3.05) is 33.7 Å². The van der Waals surface area contributed by atoms with Gasteiger partial charge in [-0.25, -0.2) is 0 Å². The van der Waals surface area contributed by atoms with E-state index >= 15 is 0 Å². The summed E-state index contributed by atoms with van der Waals surface area (Å²) >= 11 is 0. The monoisotopic (exact) mass is 284 g/mol. The molecule has 0 bridgehead atoms. The summed E-state index contributed by atoms with van der Waals surface area (Å²) in [6.45, 7) is 5.22. The molecule has 1 aromatic heterocycles. The van der Waals surface area contributed by atoms with Crippen molar-refractivity contribution in [1.82, 2.24) is 14.8 Å². The maximum Gasteiger partial charge on any atom is 0.0705 e. The predicted molar refractivity (Wildman–Crippen MR) is 87.3 cm³/mol. The Labute approximate surface area is 126 Å². The average Bonchev–Trinajstić information content (AvgIpc) is 2.48. The fourth-order valence-corrected chi connectivity index (χ4v) is 3.11. The van der Waals surface area contributed by atoms with Gasteiger partial charge in [-0.05, 0) is 44.8 Å². The standard InChI is InChI=1S/C17H24N4/c1-12-4-5-13-10-14(6-7-15(13)19-12)17(18)16-11-20(2)8-9-21(16)3/h4-7,10,16-17H,8-9,11,18H2,1-3H3. The first-order valence-electron chi connectivity index (χ1n) is 7.56. The minimum atomic E-state index is 0.0310. The number of nitrogens with two attached hydrogens (primary N) is 1. The molecule has 2 heterocycles. The molecule has 0 amide bonds. The highest BCUT2D eigenvalue weighted by Gasteiger charge is 2.28. The third-order valence-corrected chi connectivity index (χ3v) is 4.55. The molecule has 2 unspecified atom stereocenters. The van der Waals surface area contributed by atoms with E-state index in [1.165, 1.54) is 10.9 Å². The number of likely N-dealkylation sites (N-methyl/N-ethyl adjacent to an activating group) is 2. The Morgan fingerprint density at radius 3 is 2.81 bits per heavy atom. The largest absolute Gasteiger partial charge is 0.323 e. The molecule has 112 valence electrons. The molecule has 2 aromatic rings. The average molecular weight is 284 g/mol.